The van der Waals surface area contributed by atoms with Crippen molar-refractivity contribution in [2.45, 2.75) is 86.9 Å². The summed E-state index contributed by atoms with van der Waals surface area (Å²) in [5.41, 5.74) is 0. The van der Waals surface area contributed by atoms with Crippen LogP contribution in [-0.4, -0.2) is 108 Å². The Morgan fingerprint density at radius 2 is 1.11 bits per heavy atom. The van der Waals surface area contributed by atoms with Gasteiger partial charge in [-0.15, -0.1) is 0 Å². The van der Waals surface area contributed by atoms with Crippen molar-refractivity contribution in [2.75, 3.05) is 52.5 Å². The van der Waals surface area contributed by atoms with Crippen molar-refractivity contribution in [1.82, 2.24) is 14.7 Å². The summed E-state index contributed by atoms with van der Waals surface area (Å²) in [5, 5.41) is 8.46. The number of ether oxygens (including phenoxy) is 2. The van der Waals surface area contributed by atoms with Crippen molar-refractivity contribution < 1.29 is 29.0 Å². The van der Waals surface area contributed by atoms with Crippen LogP contribution in [0, 0.1) is 23.7 Å². The molecule has 0 aromatic rings. The number of likely N-dealkylation sites (tertiary alicyclic amines) is 3. The van der Waals surface area contributed by atoms with E-state index in [4.69, 9.17) is 14.6 Å². The molecular weight excluding hydrogens is 474 g/mol. The van der Waals surface area contributed by atoms with Gasteiger partial charge < -0.3 is 29.3 Å². The van der Waals surface area contributed by atoms with Crippen LogP contribution in [0.4, 0.5) is 0 Å². The summed E-state index contributed by atoms with van der Waals surface area (Å²) in [6, 6.07) is 1.78. The molecule has 37 heavy (non-hydrogen) atoms. The van der Waals surface area contributed by atoms with Gasteiger partial charge in [0.25, 0.3) is 0 Å². The van der Waals surface area contributed by atoms with Crippen molar-refractivity contribution >= 4 is 17.9 Å². The molecule has 0 saturated carbocycles. The number of carbonyl (C=O) groups excluding carboxylic acids is 2. The monoisotopic (exact) mass is 527 g/mol. The lowest BCUT2D eigenvalue weighted by molar-refractivity contribution is -0.168. The van der Waals surface area contributed by atoms with Crippen molar-refractivity contribution in [2.24, 2.45) is 23.7 Å². The highest BCUT2D eigenvalue weighted by molar-refractivity contribution is 5.95. The minimum Gasteiger partial charge on any atom is -0.481 e. The van der Waals surface area contributed by atoms with E-state index >= 15 is 0 Å². The quantitative estimate of drug-likeness (QED) is 0.339. The zero-order valence-electron chi connectivity index (χ0n) is 24.7. The molecule has 0 atom stereocenters. The maximum absolute atomic E-state index is 11.8. The second kappa shape index (κ2) is 16.3. The van der Waals surface area contributed by atoms with Crippen LogP contribution in [0.25, 0.3) is 0 Å². The summed E-state index contributed by atoms with van der Waals surface area (Å²) in [6.45, 7) is 25.4. The molecule has 3 aliphatic rings. The van der Waals surface area contributed by atoms with E-state index in [9.17, 15) is 14.4 Å². The maximum atomic E-state index is 11.8. The summed E-state index contributed by atoms with van der Waals surface area (Å²) in [6.07, 6.45) is 0.337. The number of hydrogen-bond donors (Lipinski definition) is 1. The van der Waals surface area contributed by atoms with E-state index < -0.39 is 23.8 Å². The second-order valence-corrected chi connectivity index (χ2v) is 11.5. The number of hydrogen-bond acceptors (Lipinski definition) is 8. The van der Waals surface area contributed by atoms with Crippen LogP contribution < -0.4 is 0 Å². The van der Waals surface area contributed by atoms with Gasteiger partial charge in [-0.2, -0.15) is 0 Å². The predicted octanol–water partition coefficient (Wildman–Crippen LogP) is 3.22. The van der Waals surface area contributed by atoms with Gasteiger partial charge in [-0.1, -0.05) is 6.92 Å². The first-order valence-electron chi connectivity index (χ1n) is 14.1. The van der Waals surface area contributed by atoms with Crippen molar-refractivity contribution in [3.05, 3.63) is 0 Å². The normalized spacial score (nSPS) is 19.4. The number of carboxylic acid groups (broad SMARTS) is 1. The Balaban J connectivity index is 0.000000305. The summed E-state index contributed by atoms with van der Waals surface area (Å²) in [4.78, 5) is 40.9. The minimum atomic E-state index is -0.764. The van der Waals surface area contributed by atoms with Gasteiger partial charge in [0.05, 0.1) is 19.6 Å². The second-order valence-electron chi connectivity index (χ2n) is 11.5. The third kappa shape index (κ3) is 11.3. The van der Waals surface area contributed by atoms with E-state index in [1.54, 1.807) is 13.8 Å². The smallest absolute Gasteiger partial charge is 0.320 e. The molecule has 9 heteroatoms. The first-order chi connectivity index (χ1) is 17.3. The molecule has 0 aromatic heterocycles. The molecule has 1 N–H and O–H groups in total. The van der Waals surface area contributed by atoms with Gasteiger partial charge in [0, 0.05) is 63.3 Å². The molecule has 3 saturated heterocycles. The molecule has 216 valence electrons. The van der Waals surface area contributed by atoms with E-state index in [-0.39, 0.29) is 19.1 Å². The van der Waals surface area contributed by atoms with Crippen molar-refractivity contribution in [3.63, 3.8) is 0 Å². The Morgan fingerprint density at radius 3 is 1.41 bits per heavy atom. The van der Waals surface area contributed by atoms with Crippen LogP contribution >= 0.6 is 0 Å². The molecule has 3 rings (SSSR count). The zero-order chi connectivity index (χ0) is 28.3. The van der Waals surface area contributed by atoms with Crippen molar-refractivity contribution in [3.8, 4) is 0 Å². The Kier molecular flexibility index (Phi) is 14.7. The van der Waals surface area contributed by atoms with E-state index in [0.717, 1.165) is 38.1 Å². The Morgan fingerprint density at radius 1 is 0.730 bits per heavy atom. The highest BCUT2D eigenvalue weighted by Gasteiger charge is 2.44. The molecule has 3 fully saturated rings. The summed E-state index contributed by atoms with van der Waals surface area (Å²) in [5.74, 6) is -0.968. The fraction of sp³-hybridized carbons (Fsp3) is 0.893. The lowest BCUT2D eigenvalue weighted by Crippen LogP contribution is -2.56. The predicted molar refractivity (Wildman–Crippen MR) is 145 cm³/mol. The van der Waals surface area contributed by atoms with Gasteiger partial charge in [0.1, 0.15) is 0 Å². The van der Waals surface area contributed by atoms with E-state index in [0.29, 0.717) is 24.4 Å². The van der Waals surface area contributed by atoms with Gasteiger partial charge in [-0.25, -0.2) is 0 Å². The van der Waals surface area contributed by atoms with Gasteiger partial charge in [0.2, 0.25) is 0 Å². The molecule has 3 heterocycles. The Hall–Kier alpha value is -1.71. The summed E-state index contributed by atoms with van der Waals surface area (Å²) in [7, 11) is 0. The first-order valence-corrected chi connectivity index (χ1v) is 14.1. The molecule has 0 aliphatic carbocycles. The van der Waals surface area contributed by atoms with Crippen LogP contribution in [0.15, 0.2) is 0 Å². The van der Waals surface area contributed by atoms with Crippen LogP contribution in [0.1, 0.15) is 68.7 Å². The average Bonchev–Trinajstić information content (AvgIpc) is 2.70. The fourth-order valence-corrected chi connectivity index (χ4v) is 4.70. The average molecular weight is 528 g/mol. The molecule has 3 aliphatic heterocycles. The van der Waals surface area contributed by atoms with Gasteiger partial charge in [0.15, 0.2) is 5.92 Å². The number of carbonyl (C=O) groups is 3. The first kappa shape index (κ1) is 33.3. The topological polar surface area (TPSA) is 99.6 Å². The zero-order valence-corrected chi connectivity index (χ0v) is 24.7. The van der Waals surface area contributed by atoms with Crippen molar-refractivity contribution in [1.29, 1.82) is 0 Å². The third-order valence-corrected chi connectivity index (χ3v) is 7.22. The largest absolute Gasteiger partial charge is 0.481 e. The number of rotatable bonds is 10. The van der Waals surface area contributed by atoms with Gasteiger partial charge >= 0.3 is 17.9 Å². The lowest BCUT2D eigenvalue weighted by atomic mass is 9.85. The lowest BCUT2D eigenvalue weighted by Gasteiger charge is -2.44. The Labute approximate surface area is 224 Å². The fourth-order valence-electron chi connectivity index (χ4n) is 4.70. The number of carboxylic acids is 1. The molecule has 0 bridgehead atoms. The molecular formula is C28H53N3O6. The highest BCUT2D eigenvalue weighted by atomic mass is 16.6. The van der Waals surface area contributed by atoms with Gasteiger partial charge in [-0.3, -0.25) is 14.4 Å². The molecule has 9 nitrogen and oxygen atoms in total. The minimum absolute atomic E-state index is 0.0190. The Bertz CT molecular complexity index is 678. The summed E-state index contributed by atoms with van der Waals surface area (Å²) >= 11 is 0. The van der Waals surface area contributed by atoms with Gasteiger partial charge in [-0.05, 0) is 67.2 Å². The molecule has 0 spiro atoms. The van der Waals surface area contributed by atoms with Crippen LogP contribution in [0.3, 0.4) is 0 Å². The molecule has 0 aromatic carbocycles. The number of aliphatic carboxylic acids is 1. The van der Waals surface area contributed by atoms with E-state index in [1.807, 2.05) is 0 Å². The SMILES string of the molecule is CC(C)N1CC(CC(=O)O)C1.CC1CN(C(C)C)C1.CCOC(=O)C(C(=O)OCC)C1CN(C(C)C)C1. The molecule has 0 radical (unpaired) electrons. The highest BCUT2D eigenvalue weighted by Crippen LogP contribution is 2.28. The number of nitrogens with zero attached hydrogens (tertiary/aromatic N) is 3. The maximum Gasteiger partial charge on any atom is 0.320 e. The molecule has 0 unspecified atom stereocenters. The van der Waals surface area contributed by atoms with Crippen LogP contribution in [0.5, 0.6) is 0 Å². The van der Waals surface area contributed by atoms with Crippen LogP contribution in [0.2, 0.25) is 0 Å². The standard InChI is InChI=1S/C13H23NO4.C8H15NO2.C7H15N/c1-5-17-12(15)11(13(16)18-6-2)10-7-14(8-10)9(3)4;1-6(2)9-4-7(5-9)3-8(10)11;1-6(2)8-4-7(3)5-8/h9-11H,5-8H2,1-4H3;6-7H,3-5H2,1-2H3,(H,10,11);6-7H,4-5H2,1-3H3. The summed E-state index contributed by atoms with van der Waals surface area (Å²) < 4.78 is 9.93. The number of esters is 2. The van der Waals surface area contributed by atoms with E-state index in [1.165, 1.54) is 13.1 Å². The third-order valence-electron chi connectivity index (χ3n) is 7.22. The van der Waals surface area contributed by atoms with E-state index in [2.05, 4.69) is 63.2 Å². The van der Waals surface area contributed by atoms with Crippen LogP contribution in [-0.2, 0) is 23.9 Å². The molecule has 0 amide bonds.